The van der Waals surface area contributed by atoms with Gasteiger partial charge >= 0.3 is 0 Å². The van der Waals surface area contributed by atoms with Gasteiger partial charge in [-0.3, -0.25) is 14.7 Å². The number of hydrogen-bond acceptors (Lipinski definition) is 5. The molecule has 1 fully saturated rings. The fourth-order valence-corrected chi connectivity index (χ4v) is 3.83. The Morgan fingerprint density at radius 1 is 1.46 bits per heavy atom. The van der Waals surface area contributed by atoms with Crippen LogP contribution in [-0.2, 0) is 11.2 Å². The Balaban J connectivity index is 1.57. The fourth-order valence-electron chi connectivity index (χ4n) is 2.73. The van der Waals surface area contributed by atoms with Crippen LogP contribution < -0.4 is 5.32 Å². The third-order valence-corrected chi connectivity index (χ3v) is 4.97. The van der Waals surface area contributed by atoms with Crippen molar-refractivity contribution < 1.29 is 9.59 Å². The van der Waals surface area contributed by atoms with E-state index < -0.39 is 0 Å². The number of carbonyl (C=O) groups excluding carboxylic acids is 2. The molecule has 0 spiro atoms. The maximum atomic E-state index is 12.6. The molecule has 1 atom stereocenters. The van der Waals surface area contributed by atoms with Gasteiger partial charge in [0.15, 0.2) is 0 Å². The van der Waals surface area contributed by atoms with Gasteiger partial charge in [0.1, 0.15) is 4.88 Å². The van der Waals surface area contributed by atoms with Crippen LogP contribution in [0.3, 0.4) is 0 Å². The molecule has 128 valence electrons. The minimum absolute atomic E-state index is 0.0267. The van der Waals surface area contributed by atoms with Crippen LogP contribution in [0.4, 0.5) is 5.69 Å². The molecule has 0 aliphatic carbocycles. The lowest BCUT2D eigenvalue weighted by molar-refractivity contribution is -0.119. The topological polar surface area (TPSA) is 91.0 Å². The number of aromatic amines is 1. The van der Waals surface area contributed by atoms with Crippen LogP contribution >= 0.6 is 11.3 Å². The molecule has 1 aliphatic heterocycles. The van der Waals surface area contributed by atoms with Gasteiger partial charge in [0, 0.05) is 25.7 Å². The van der Waals surface area contributed by atoms with Crippen molar-refractivity contribution in [1.29, 1.82) is 0 Å². The lowest BCUT2D eigenvalue weighted by atomic mass is 10.1. The van der Waals surface area contributed by atoms with Crippen LogP contribution in [0.1, 0.15) is 34.9 Å². The molecular formula is C16H21N5O2S. The van der Waals surface area contributed by atoms with Crippen molar-refractivity contribution in [3.8, 4) is 0 Å². The minimum atomic E-state index is -0.188. The number of nitrogens with zero attached hydrogens (tertiary/aromatic N) is 3. The predicted molar refractivity (Wildman–Crippen MR) is 91.9 cm³/mol. The van der Waals surface area contributed by atoms with Crippen LogP contribution in [-0.4, -0.2) is 45.0 Å². The lowest BCUT2D eigenvalue weighted by Gasteiger charge is -2.15. The number of hydrogen-bond donors (Lipinski definition) is 2. The highest BCUT2D eigenvalue weighted by Crippen LogP contribution is 2.23. The molecule has 1 saturated heterocycles. The second-order valence-corrected chi connectivity index (χ2v) is 7.54. The van der Waals surface area contributed by atoms with Crippen molar-refractivity contribution in [1.82, 2.24) is 20.1 Å². The fraction of sp³-hybridized carbons (Fsp3) is 0.500. The van der Waals surface area contributed by atoms with Gasteiger partial charge < -0.3 is 10.2 Å². The van der Waals surface area contributed by atoms with Crippen molar-refractivity contribution in [2.75, 3.05) is 18.4 Å². The molecule has 2 aromatic rings. The predicted octanol–water partition coefficient (Wildman–Crippen LogP) is 2.17. The number of thiazole rings is 1. The summed E-state index contributed by atoms with van der Waals surface area (Å²) in [6.45, 7) is 5.30. The minimum Gasteiger partial charge on any atom is -0.337 e. The molecule has 3 rings (SSSR count). The molecule has 0 bridgehead atoms. The van der Waals surface area contributed by atoms with E-state index in [-0.39, 0.29) is 17.7 Å². The number of rotatable bonds is 5. The third-order valence-electron chi connectivity index (χ3n) is 3.96. The van der Waals surface area contributed by atoms with E-state index in [4.69, 9.17) is 0 Å². The average Bonchev–Trinajstić information content (AvgIpc) is 3.27. The van der Waals surface area contributed by atoms with E-state index >= 15 is 0 Å². The normalized spacial score (nSPS) is 17.5. The summed E-state index contributed by atoms with van der Waals surface area (Å²) in [6.07, 6.45) is 6.40. The van der Waals surface area contributed by atoms with Gasteiger partial charge in [0.2, 0.25) is 5.91 Å². The zero-order valence-electron chi connectivity index (χ0n) is 13.8. The number of aromatic nitrogens is 3. The van der Waals surface area contributed by atoms with E-state index in [0.29, 0.717) is 36.0 Å². The van der Waals surface area contributed by atoms with Crippen molar-refractivity contribution in [3.05, 3.63) is 28.5 Å². The van der Waals surface area contributed by atoms with Crippen LogP contribution in [0.15, 0.2) is 18.6 Å². The number of nitrogens with one attached hydrogen (secondary N) is 2. The Labute approximate surface area is 144 Å². The maximum Gasteiger partial charge on any atom is 0.265 e. The largest absolute Gasteiger partial charge is 0.337 e. The second-order valence-electron chi connectivity index (χ2n) is 6.43. The Hall–Kier alpha value is -2.22. The summed E-state index contributed by atoms with van der Waals surface area (Å²) >= 11 is 1.45. The summed E-state index contributed by atoms with van der Waals surface area (Å²) in [5.41, 5.74) is 0.644. The highest BCUT2D eigenvalue weighted by molar-refractivity contribution is 7.13. The van der Waals surface area contributed by atoms with E-state index in [9.17, 15) is 9.59 Å². The lowest BCUT2D eigenvalue weighted by Crippen LogP contribution is -2.31. The monoisotopic (exact) mass is 347 g/mol. The standard InChI is InChI=1S/C16H21N5O2S/c1-10(2)5-14-17-8-13(24-14)16(23)21-4-3-11(9-21)15(22)20-12-6-18-19-7-12/h6-8,10-11H,3-5,9H2,1-2H3,(H,18,19)(H,20,22). The molecule has 1 aliphatic rings. The van der Waals surface area contributed by atoms with Gasteiger partial charge in [-0.2, -0.15) is 5.10 Å². The number of likely N-dealkylation sites (tertiary alicyclic amines) is 1. The van der Waals surface area contributed by atoms with Gasteiger partial charge in [-0.05, 0) is 12.3 Å². The van der Waals surface area contributed by atoms with Gasteiger partial charge in [0.25, 0.3) is 5.91 Å². The van der Waals surface area contributed by atoms with Crippen molar-refractivity contribution in [2.24, 2.45) is 11.8 Å². The average molecular weight is 347 g/mol. The number of carbonyl (C=O) groups is 2. The SMILES string of the molecule is CC(C)Cc1ncc(C(=O)N2CCC(C(=O)Nc3cn[nH]c3)C2)s1. The van der Waals surface area contributed by atoms with Gasteiger partial charge in [0.05, 0.1) is 29.0 Å². The van der Waals surface area contributed by atoms with Crippen molar-refractivity contribution in [2.45, 2.75) is 26.7 Å². The summed E-state index contributed by atoms with van der Waals surface area (Å²) in [5, 5.41) is 10.2. The zero-order valence-corrected chi connectivity index (χ0v) is 14.6. The Kier molecular flexibility index (Phi) is 4.94. The molecule has 2 N–H and O–H groups in total. The Morgan fingerprint density at radius 2 is 2.29 bits per heavy atom. The molecule has 2 aromatic heterocycles. The van der Waals surface area contributed by atoms with E-state index in [1.54, 1.807) is 23.5 Å². The third kappa shape index (κ3) is 3.81. The number of anilines is 1. The van der Waals surface area contributed by atoms with Crippen molar-refractivity contribution >= 4 is 28.8 Å². The maximum absolute atomic E-state index is 12.6. The van der Waals surface area contributed by atoms with Gasteiger partial charge in [-0.15, -0.1) is 11.3 Å². The molecule has 24 heavy (non-hydrogen) atoms. The molecule has 2 amide bonds. The van der Waals surface area contributed by atoms with Gasteiger partial charge in [-0.1, -0.05) is 13.8 Å². The molecule has 0 saturated carbocycles. The van der Waals surface area contributed by atoms with E-state index in [2.05, 4.69) is 34.3 Å². The first kappa shape index (κ1) is 16.6. The first-order chi connectivity index (χ1) is 11.5. The Morgan fingerprint density at radius 3 is 3.00 bits per heavy atom. The van der Waals surface area contributed by atoms with Crippen molar-refractivity contribution in [3.63, 3.8) is 0 Å². The van der Waals surface area contributed by atoms with E-state index in [1.807, 2.05) is 0 Å². The first-order valence-electron chi connectivity index (χ1n) is 8.06. The van der Waals surface area contributed by atoms with Crippen LogP contribution in [0, 0.1) is 11.8 Å². The number of H-pyrrole nitrogens is 1. The van der Waals surface area contributed by atoms with Crippen LogP contribution in [0.25, 0.3) is 0 Å². The quantitative estimate of drug-likeness (QED) is 0.867. The summed E-state index contributed by atoms with van der Waals surface area (Å²) in [5.74, 6) is 0.228. The Bertz CT molecular complexity index is 710. The van der Waals surface area contributed by atoms with Crippen LogP contribution in [0.5, 0.6) is 0 Å². The molecular weight excluding hydrogens is 326 g/mol. The van der Waals surface area contributed by atoms with E-state index in [0.717, 1.165) is 11.4 Å². The summed E-state index contributed by atoms with van der Waals surface area (Å²) in [6, 6.07) is 0. The van der Waals surface area contributed by atoms with Gasteiger partial charge in [-0.25, -0.2) is 4.98 Å². The summed E-state index contributed by atoms with van der Waals surface area (Å²) < 4.78 is 0. The molecule has 0 radical (unpaired) electrons. The van der Waals surface area contributed by atoms with E-state index in [1.165, 1.54) is 11.3 Å². The molecule has 8 heteroatoms. The summed E-state index contributed by atoms with van der Waals surface area (Å²) in [4.78, 5) is 31.6. The van der Waals surface area contributed by atoms with Crippen LogP contribution in [0.2, 0.25) is 0 Å². The highest BCUT2D eigenvalue weighted by Gasteiger charge is 2.32. The highest BCUT2D eigenvalue weighted by atomic mass is 32.1. The number of amides is 2. The molecule has 0 aromatic carbocycles. The molecule has 3 heterocycles. The second kappa shape index (κ2) is 7.12. The first-order valence-corrected chi connectivity index (χ1v) is 8.88. The molecule has 1 unspecified atom stereocenters. The molecule has 7 nitrogen and oxygen atoms in total. The zero-order chi connectivity index (χ0) is 17.1. The smallest absolute Gasteiger partial charge is 0.265 e. The summed E-state index contributed by atoms with van der Waals surface area (Å²) in [7, 11) is 0.